The molecule has 0 atom stereocenters. The van der Waals surface area contributed by atoms with Crippen molar-refractivity contribution in [3.63, 3.8) is 0 Å². The van der Waals surface area contributed by atoms with Crippen LogP contribution in [0.3, 0.4) is 0 Å². The number of carbonyl (C=O) groups is 1. The molecule has 3 rings (SSSR count). The van der Waals surface area contributed by atoms with Crippen molar-refractivity contribution in [2.24, 2.45) is 0 Å². The molecule has 0 bridgehead atoms. The summed E-state index contributed by atoms with van der Waals surface area (Å²) in [6.45, 7) is 1.93. The Morgan fingerprint density at radius 2 is 2.43 bits per heavy atom. The molecule has 0 spiro atoms. The van der Waals surface area contributed by atoms with Crippen molar-refractivity contribution in [2.75, 3.05) is 26.0 Å². The number of hydrogen-bond donors (Lipinski definition) is 2. The highest BCUT2D eigenvalue weighted by molar-refractivity contribution is 7.99. The first-order valence-electron chi connectivity index (χ1n) is 7.56. The van der Waals surface area contributed by atoms with Crippen molar-refractivity contribution >= 4 is 17.8 Å². The SMILES string of the molecule is COc1ccc2c(c1)CN(C(=O)NCCc1cnc[nH]1)CCS2. The van der Waals surface area contributed by atoms with Gasteiger partial charge in [-0.2, -0.15) is 0 Å². The Hall–Kier alpha value is -2.15. The fourth-order valence-corrected chi connectivity index (χ4v) is 3.51. The Balaban J connectivity index is 1.59. The van der Waals surface area contributed by atoms with Gasteiger partial charge < -0.3 is 19.9 Å². The smallest absolute Gasteiger partial charge is 0.317 e. The number of benzene rings is 1. The number of imidazole rings is 1. The lowest BCUT2D eigenvalue weighted by atomic mass is 10.2. The van der Waals surface area contributed by atoms with Crippen LogP contribution in [-0.4, -0.2) is 46.9 Å². The molecule has 7 heteroatoms. The average molecular weight is 332 g/mol. The summed E-state index contributed by atoms with van der Waals surface area (Å²) < 4.78 is 5.29. The zero-order valence-electron chi connectivity index (χ0n) is 13.0. The normalized spacial score (nSPS) is 14.0. The second kappa shape index (κ2) is 7.41. The standard InChI is InChI=1S/C16H20N4O2S/c1-22-14-2-3-15-12(8-14)10-20(6-7-23-15)16(21)18-5-4-13-9-17-11-19-13/h2-3,8-9,11H,4-7,10H2,1H3,(H,17,19)(H,18,21). The number of urea groups is 1. The van der Waals surface area contributed by atoms with E-state index in [-0.39, 0.29) is 6.03 Å². The van der Waals surface area contributed by atoms with Crippen LogP contribution in [0.25, 0.3) is 0 Å². The van der Waals surface area contributed by atoms with Crippen LogP contribution in [0, 0.1) is 0 Å². The van der Waals surface area contributed by atoms with E-state index in [1.54, 1.807) is 31.4 Å². The molecule has 2 N–H and O–H groups in total. The molecule has 0 unspecified atom stereocenters. The topological polar surface area (TPSA) is 70.2 Å². The molecule has 1 aromatic heterocycles. The molecule has 2 aromatic rings. The van der Waals surface area contributed by atoms with Gasteiger partial charge in [0.15, 0.2) is 0 Å². The van der Waals surface area contributed by atoms with Crippen molar-refractivity contribution in [1.82, 2.24) is 20.2 Å². The number of methoxy groups -OCH3 is 1. The van der Waals surface area contributed by atoms with E-state index in [0.29, 0.717) is 13.1 Å². The lowest BCUT2D eigenvalue weighted by Gasteiger charge is -2.21. The molecule has 0 saturated heterocycles. The van der Waals surface area contributed by atoms with Gasteiger partial charge in [-0.25, -0.2) is 9.78 Å². The molecule has 2 heterocycles. The second-order valence-corrected chi connectivity index (χ2v) is 6.44. The lowest BCUT2D eigenvalue weighted by Crippen LogP contribution is -2.41. The minimum Gasteiger partial charge on any atom is -0.497 e. The number of amides is 2. The molecule has 1 aliphatic rings. The molecule has 0 fully saturated rings. The third-order valence-corrected chi connectivity index (χ3v) is 4.86. The molecule has 2 amide bonds. The number of hydrogen-bond acceptors (Lipinski definition) is 4. The zero-order chi connectivity index (χ0) is 16.1. The van der Waals surface area contributed by atoms with Crippen molar-refractivity contribution < 1.29 is 9.53 Å². The highest BCUT2D eigenvalue weighted by Gasteiger charge is 2.19. The summed E-state index contributed by atoms with van der Waals surface area (Å²) in [5.41, 5.74) is 2.15. The summed E-state index contributed by atoms with van der Waals surface area (Å²) in [6.07, 6.45) is 4.17. The summed E-state index contributed by atoms with van der Waals surface area (Å²) in [4.78, 5) is 22.5. The number of aromatic amines is 1. The van der Waals surface area contributed by atoms with Gasteiger partial charge >= 0.3 is 6.03 Å². The summed E-state index contributed by atoms with van der Waals surface area (Å²) in [5.74, 6) is 1.72. The van der Waals surface area contributed by atoms with Gasteiger partial charge in [0.1, 0.15) is 5.75 Å². The minimum absolute atomic E-state index is 0.0271. The number of nitrogens with one attached hydrogen (secondary N) is 2. The van der Waals surface area contributed by atoms with Gasteiger partial charge in [-0.1, -0.05) is 0 Å². The number of aromatic nitrogens is 2. The van der Waals surface area contributed by atoms with E-state index in [1.165, 1.54) is 4.90 Å². The van der Waals surface area contributed by atoms with Crippen molar-refractivity contribution in [1.29, 1.82) is 0 Å². The fourth-order valence-electron chi connectivity index (χ4n) is 2.51. The summed E-state index contributed by atoms with van der Waals surface area (Å²) in [6, 6.07) is 6.02. The number of ether oxygens (including phenoxy) is 1. The number of rotatable bonds is 4. The van der Waals surface area contributed by atoms with Crippen molar-refractivity contribution in [3.05, 3.63) is 42.0 Å². The zero-order valence-corrected chi connectivity index (χ0v) is 13.9. The van der Waals surface area contributed by atoms with Gasteiger partial charge in [-0.05, 0) is 23.8 Å². The summed E-state index contributed by atoms with van der Waals surface area (Å²) in [5, 5.41) is 2.98. The highest BCUT2D eigenvalue weighted by Crippen LogP contribution is 2.30. The highest BCUT2D eigenvalue weighted by atomic mass is 32.2. The fraction of sp³-hybridized carbons (Fsp3) is 0.375. The molecular weight excluding hydrogens is 312 g/mol. The summed E-state index contributed by atoms with van der Waals surface area (Å²) in [7, 11) is 1.66. The summed E-state index contributed by atoms with van der Waals surface area (Å²) >= 11 is 1.78. The van der Waals surface area contributed by atoms with Crippen molar-refractivity contribution in [2.45, 2.75) is 17.9 Å². The van der Waals surface area contributed by atoms with Crippen molar-refractivity contribution in [3.8, 4) is 5.75 Å². The Morgan fingerprint density at radius 3 is 3.22 bits per heavy atom. The number of fused-ring (bicyclic) bond motifs is 1. The third-order valence-electron chi connectivity index (χ3n) is 3.76. The van der Waals surface area contributed by atoms with Crippen LogP contribution in [0.1, 0.15) is 11.3 Å². The molecule has 0 radical (unpaired) electrons. The van der Waals surface area contributed by atoms with Gasteiger partial charge in [0.2, 0.25) is 0 Å². The maximum absolute atomic E-state index is 12.4. The lowest BCUT2D eigenvalue weighted by molar-refractivity contribution is 0.199. The Bertz CT molecular complexity index is 660. The monoisotopic (exact) mass is 332 g/mol. The molecule has 1 aromatic carbocycles. The molecule has 122 valence electrons. The first kappa shape index (κ1) is 15.7. The van der Waals surface area contributed by atoms with Crippen LogP contribution in [-0.2, 0) is 13.0 Å². The van der Waals surface area contributed by atoms with Crippen LogP contribution >= 0.6 is 11.8 Å². The van der Waals surface area contributed by atoms with Crippen LogP contribution < -0.4 is 10.1 Å². The average Bonchev–Trinajstić information content (AvgIpc) is 2.99. The number of nitrogens with zero attached hydrogens (tertiary/aromatic N) is 2. The van der Waals surface area contributed by atoms with E-state index in [1.807, 2.05) is 17.0 Å². The minimum atomic E-state index is -0.0271. The molecule has 6 nitrogen and oxygen atoms in total. The predicted molar refractivity (Wildman–Crippen MR) is 89.8 cm³/mol. The third kappa shape index (κ3) is 3.98. The molecule has 0 aliphatic carbocycles. The quantitative estimate of drug-likeness (QED) is 0.901. The molecule has 1 aliphatic heterocycles. The van der Waals surface area contributed by atoms with Crippen LogP contribution in [0.4, 0.5) is 4.79 Å². The van der Waals surface area contributed by atoms with E-state index in [9.17, 15) is 4.79 Å². The Kier molecular flexibility index (Phi) is 5.07. The van der Waals surface area contributed by atoms with E-state index >= 15 is 0 Å². The molecular formula is C16H20N4O2S. The second-order valence-electron chi connectivity index (χ2n) is 5.30. The van der Waals surface area contributed by atoms with Crippen LogP contribution in [0.5, 0.6) is 5.75 Å². The van der Waals surface area contributed by atoms with Gasteiger partial charge in [0, 0.05) is 48.6 Å². The van der Waals surface area contributed by atoms with E-state index < -0.39 is 0 Å². The van der Waals surface area contributed by atoms with Gasteiger partial charge in [-0.3, -0.25) is 0 Å². The van der Waals surface area contributed by atoms with E-state index in [0.717, 1.165) is 35.7 Å². The van der Waals surface area contributed by atoms with Gasteiger partial charge in [0.25, 0.3) is 0 Å². The first-order chi connectivity index (χ1) is 11.3. The van der Waals surface area contributed by atoms with Gasteiger partial charge in [0.05, 0.1) is 13.4 Å². The molecule has 0 saturated carbocycles. The first-order valence-corrected chi connectivity index (χ1v) is 8.54. The van der Waals surface area contributed by atoms with Gasteiger partial charge in [-0.15, -0.1) is 11.8 Å². The van der Waals surface area contributed by atoms with E-state index in [4.69, 9.17) is 4.74 Å². The Labute approximate surface area is 139 Å². The number of thioether (sulfide) groups is 1. The predicted octanol–water partition coefficient (Wildman–Crippen LogP) is 2.28. The molecule has 23 heavy (non-hydrogen) atoms. The van der Waals surface area contributed by atoms with Crippen LogP contribution in [0.2, 0.25) is 0 Å². The largest absolute Gasteiger partial charge is 0.497 e. The van der Waals surface area contributed by atoms with E-state index in [2.05, 4.69) is 21.4 Å². The number of carbonyl (C=O) groups excluding carboxylic acids is 1. The number of H-pyrrole nitrogens is 1. The Morgan fingerprint density at radius 1 is 1.52 bits per heavy atom. The maximum Gasteiger partial charge on any atom is 0.317 e. The maximum atomic E-state index is 12.4. The van der Waals surface area contributed by atoms with Crippen LogP contribution in [0.15, 0.2) is 35.6 Å².